The molecule has 0 aliphatic heterocycles. The van der Waals surface area contributed by atoms with Crippen LogP contribution in [0.4, 0.5) is 0 Å². The van der Waals surface area contributed by atoms with Crippen molar-refractivity contribution in [2.24, 2.45) is 0 Å². The number of aromatic nitrogens is 4. The highest BCUT2D eigenvalue weighted by molar-refractivity contribution is 7.92. The average Bonchev–Trinajstić information content (AvgIpc) is 3.44. The van der Waals surface area contributed by atoms with E-state index in [1.54, 1.807) is 50.5 Å². The van der Waals surface area contributed by atoms with Crippen LogP contribution in [0.3, 0.4) is 0 Å². The summed E-state index contributed by atoms with van der Waals surface area (Å²) < 4.78 is 30.4. The molecule has 0 saturated carbocycles. The predicted octanol–water partition coefficient (Wildman–Crippen LogP) is 3.82. The smallest absolute Gasteiger partial charge is 0.268 e. The summed E-state index contributed by atoms with van der Waals surface area (Å²) in [5, 5.41) is 12.9. The molecule has 1 aromatic carbocycles. The summed E-state index contributed by atoms with van der Waals surface area (Å²) >= 11 is 1.53. The van der Waals surface area contributed by atoms with E-state index in [4.69, 9.17) is 4.42 Å². The average molecular weight is 456 g/mol. The molecule has 160 valence electrons. The fraction of sp³-hybridized carbons (Fsp3) is 0.238. The summed E-state index contributed by atoms with van der Waals surface area (Å²) in [7, 11) is -1.43. The third-order valence-electron chi connectivity index (χ3n) is 4.62. The monoisotopic (exact) mass is 455 g/mol. The Morgan fingerprint density at radius 2 is 1.77 bits per heavy atom. The molecule has 3 aromatic heterocycles. The number of sulfone groups is 1. The molecule has 0 radical (unpaired) electrons. The number of nitrogens with zero attached hydrogens (tertiary/aromatic N) is 4. The van der Waals surface area contributed by atoms with Crippen molar-refractivity contribution in [3.8, 4) is 33.6 Å². The van der Waals surface area contributed by atoms with Crippen LogP contribution < -0.4 is 5.32 Å². The quantitative estimate of drug-likeness (QED) is 0.448. The van der Waals surface area contributed by atoms with Crippen LogP contribution in [0, 0.1) is 0 Å². The maximum atomic E-state index is 12.3. The lowest BCUT2D eigenvalue weighted by Gasteiger charge is -2.08. The number of nitrogens with one attached hydrogen (secondary N) is 1. The molecule has 0 unspecified atom stereocenters. The van der Waals surface area contributed by atoms with Crippen LogP contribution in [0.1, 0.15) is 19.4 Å². The molecule has 4 rings (SSSR count). The molecular formula is C21H21N5O3S2. The van der Waals surface area contributed by atoms with Gasteiger partial charge < -0.3 is 9.73 Å². The van der Waals surface area contributed by atoms with Crippen molar-refractivity contribution in [3.05, 3.63) is 53.7 Å². The van der Waals surface area contributed by atoms with E-state index in [1.807, 2.05) is 18.5 Å². The van der Waals surface area contributed by atoms with Gasteiger partial charge in [-0.05, 0) is 50.0 Å². The molecule has 8 nitrogen and oxygen atoms in total. The van der Waals surface area contributed by atoms with Gasteiger partial charge in [0.05, 0.1) is 33.1 Å². The Hall–Kier alpha value is -2.95. The lowest BCUT2D eigenvalue weighted by molar-refractivity contribution is 0.583. The van der Waals surface area contributed by atoms with Gasteiger partial charge in [0.15, 0.2) is 9.84 Å². The van der Waals surface area contributed by atoms with Crippen molar-refractivity contribution in [2.45, 2.75) is 30.5 Å². The molecule has 0 atom stereocenters. The molecular weight excluding hydrogens is 434 g/mol. The minimum absolute atomic E-state index is 0.270. The molecule has 0 aliphatic rings. The third-order valence-corrected chi connectivity index (χ3v) is 7.76. The summed E-state index contributed by atoms with van der Waals surface area (Å²) in [4.78, 5) is 9.97. The van der Waals surface area contributed by atoms with Crippen molar-refractivity contribution < 1.29 is 12.8 Å². The van der Waals surface area contributed by atoms with Gasteiger partial charge in [0, 0.05) is 12.1 Å². The van der Waals surface area contributed by atoms with Gasteiger partial charge in [0.2, 0.25) is 0 Å². The Morgan fingerprint density at radius 3 is 2.48 bits per heavy atom. The Balaban J connectivity index is 1.60. The van der Waals surface area contributed by atoms with Crippen LogP contribution in [-0.2, 0) is 16.4 Å². The molecule has 3 heterocycles. The lowest BCUT2D eigenvalue weighted by Crippen LogP contribution is -2.13. The van der Waals surface area contributed by atoms with Crippen LogP contribution in [0.25, 0.3) is 33.6 Å². The molecule has 0 fully saturated rings. The summed E-state index contributed by atoms with van der Waals surface area (Å²) in [5.74, 6) is 0.699. The molecule has 0 bridgehead atoms. The summed E-state index contributed by atoms with van der Waals surface area (Å²) in [6.45, 7) is 4.09. The van der Waals surface area contributed by atoms with E-state index >= 15 is 0 Å². The van der Waals surface area contributed by atoms with Gasteiger partial charge in [-0.25, -0.2) is 13.4 Å². The van der Waals surface area contributed by atoms with Gasteiger partial charge in [-0.3, -0.25) is 4.98 Å². The predicted molar refractivity (Wildman–Crippen MR) is 119 cm³/mol. The van der Waals surface area contributed by atoms with Gasteiger partial charge in [-0.1, -0.05) is 12.1 Å². The molecule has 31 heavy (non-hydrogen) atoms. The molecule has 4 aromatic rings. The van der Waals surface area contributed by atoms with Crippen LogP contribution in [0.5, 0.6) is 0 Å². The second-order valence-corrected chi connectivity index (χ2v) is 10.6. The van der Waals surface area contributed by atoms with Crippen LogP contribution >= 0.6 is 11.3 Å². The fourth-order valence-corrected chi connectivity index (χ4v) is 4.80. The first-order valence-electron chi connectivity index (χ1n) is 9.61. The minimum Gasteiger partial charge on any atom is -0.414 e. The first-order valence-corrected chi connectivity index (χ1v) is 12.0. The van der Waals surface area contributed by atoms with E-state index in [-0.39, 0.29) is 10.8 Å². The first kappa shape index (κ1) is 21.3. The standard InChI is InChI=1S/C21H21N5O3S2/c1-13(2)31(27,28)16-6-4-15(5-7-16)17-10-23-11-18(24-17)20-25-26-21(29-20)19-8-14(9-22-3)12-30-19/h4-8,10-13,22H,9H2,1-3H3. The maximum Gasteiger partial charge on any atom is 0.268 e. The normalized spacial score (nSPS) is 11.9. The number of benzene rings is 1. The first-order chi connectivity index (χ1) is 14.9. The van der Waals surface area contributed by atoms with Crippen LogP contribution in [0.2, 0.25) is 0 Å². The second-order valence-electron chi connectivity index (χ2n) is 7.17. The lowest BCUT2D eigenvalue weighted by atomic mass is 10.1. The third kappa shape index (κ3) is 4.41. The van der Waals surface area contributed by atoms with Gasteiger partial charge >= 0.3 is 0 Å². The van der Waals surface area contributed by atoms with Gasteiger partial charge in [-0.15, -0.1) is 21.5 Å². The Bertz CT molecular complexity index is 1290. The molecule has 1 N–H and O–H groups in total. The molecule has 10 heteroatoms. The van der Waals surface area contributed by atoms with E-state index in [9.17, 15) is 8.42 Å². The van der Waals surface area contributed by atoms with Crippen molar-refractivity contribution in [2.75, 3.05) is 7.05 Å². The molecule has 0 spiro atoms. The number of rotatable bonds is 7. The number of hydrogen-bond donors (Lipinski definition) is 1. The second kappa shape index (κ2) is 8.66. The highest BCUT2D eigenvalue weighted by Gasteiger charge is 2.19. The Morgan fingerprint density at radius 1 is 1.06 bits per heavy atom. The van der Waals surface area contributed by atoms with Crippen LogP contribution in [-0.4, -0.2) is 40.9 Å². The van der Waals surface area contributed by atoms with Crippen molar-refractivity contribution >= 4 is 21.2 Å². The largest absolute Gasteiger partial charge is 0.414 e. The summed E-state index contributed by atoms with van der Waals surface area (Å²) in [6.07, 6.45) is 3.16. The highest BCUT2D eigenvalue weighted by Crippen LogP contribution is 2.29. The zero-order valence-electron chi connectivity index (χ0n) is 17.2. The summed E-state index contributed by atoms with van der Waals surface area (Å²) in [5.41, 5.74) is 2.92. The summed E-state index contributed by atoms with van der Waals surface area (Å²) in [6, 6.07) is 8.62. The van der Waals surface area contributed by atoms with Crippen molar-refractivity contribution in [1.29, 1.82) is 0 Å². The maximum absolute atomic E-state index is 12.3. The fourth-order valence-electron chi connectivity index (χ4n) is 2.91. The van der Waals surface area contributed by atoms with Gasteiger partial charge in [-0.2, -0.15) is 0 Å². The van der Waals surface area contributed by atoms with E-state index < -0.39 is 15.1 Å². The molecule has 0 amide bonds. The number of hydrogen-bond acceptors (Lipinski definition) is 9. The SMILES string of the molecule is CNCc1csc(-c2nnc(-c3cncc(-c4ccc(S(=O)(=O)C(C)C)cc4)n3)o2)c1. The molecule has 0 saturated heterocycles. The zero-order valence-corrected chi connectivity index (χ0v) is 18.9. The Kier molecular flexibility index (Phi) is 5.94. The van der Waals surface area contributed by atoms with Crippen LogP contribution in [0.15, 0.2) is 57.4 Å². The van der Waals surface area contributed by atoms with Crippen molar-refractivity contribution in [1.82, 2.24) is 25.5 Å². The van der Waals surface area contributed by atoms with Gasteiger partial charge in [0.25, 0.3) is 11.8 Å². The van der Waals surface area contributed by atoms with Gasteiger partial charge in [0.1, 0.15) is 5.69 Å². The number of thiophene rings is 1. The van der Waals surface area contributed by atoms with E-state index in [0.29, 0.717) is 17.3 Å². The highest BCUT2D eigenvalue weighted by atomic mass is 32.2. The minimum atomic E-state index is -3.32. The zero-order chi connectivity index (χ0) is 22.0. The van der Waals surface area contributed by atoms with E-state index in [1.165, 1.54) is 11.3 Å². The van der Waals surface area contributed by atoms with E-state index in [0.717, 1.165) is 22.5 Å². The molecule has 0 aliphatic carbocycles. The Labute approximate surface area is 184 Å². The topological polar surface area (TPSA) is 111 Å². The van der Waals surface area contributed by atoms with E-state index in [2.05, 4.69) is 25.5 Å². The van der Waals surface area contributed by atoms with Crippen molar-refractivity contribution in [3.63, 3.8) is 0 Å².